The second kappa shape index (κ2) is 6.78. The Balaban J connectivity index is 1.36. The summed E-state index contributed by atoms with van der Waals surface area (Å²) < 4.78 is 5.92. The van der Waals surface area contributed by atoms with Crippen molar-refractivity contribution in [2.45, 2.75) is 12.5 Å². The molecule has 0 bridgehead atoms. The van der Waals surface area contributed by atoms with Crippen LogP contribution in [0, 0.1) is 0 Å². The number of ether oxygens (including phenoxy) is 1. The van der Waals surface area contributed by atoms with Crippen LogP contribution in [-0.4, -0.2) is 22.0 Å². The fourth-order valence-electron chi connectivity index (χ4n) is 3.56. The first kappa shape index (κ1) is 16.4. The zero-order valence-electron chi connectivity index (χ0n) is 15.0. The van der Waals surface area contributed by atoms with Crippen molar-refractivity contribution < 1.29 is 9.53 Å². The van der Waals surface area contributed by atoms with Crippen molar-refractivity contribution >= 4 is 22.5 Å². The second-order valence-corrected chi connectivity index (χ2v) is 6.71. The first-order valence-electron chi connectivity index (χ1n) is 9.13. The number of fused-ring (bicyclic) bond motifs is 3. The SMILES string of the molecule is O=C(Nc1cccc(-c2ccncc2)n1)C1Cc2c(ccc3ccccc23)O1. The second-order valence-electron chi connectivity index (χ2n) is 6.71. The van der Waals surface area contributed by atoms with Crippen LogP contribution in [-0.2, 0) is 11.2 Å². The number of hydrogen-bond acceptors (Lipinski definition) is 4. The summed E-state index contributed by atoms with van der Waals surface area (Å²) in [4.78, 5) is 21.3. The standard InChI is InChI=1S/C23H17N3O2/c27-23(26-22-7-3-6-19(25-22)16-10-12-24-13-11-16)21-14-18-17-5-2-1-4-15(17)8-9-20(18)28-21/h1-13,21H,14H2,(H,25,26,27). The molecule has 1 aliphatic rings. The average molecular weight is 367 g/mol. The van der Waals surface area contributed by atoms with Gasteiger partial charge in [-0.25, -0.2) is 4.98 Å². The maximum Gasteiger partial charge on any atom is 0.266 e. The minimum absolute atomic E-state index is 0.195. The lowest BCUT2D eigenvalue weighted by atomic mass is 10.0. The third-order valence-corrected chi connectivity index (χ3v) is 4.93. The summed E-state index contributed by atoms with van der Waals surface area (Å²) in [6.45, 7) is 0. The molecular weight excluding hydrogens is 350 g/mol. The Labute approximate surface area is 162 Å². The number of carbonyl (C=O) groups is 1. The number of rotatable bonds is 3. The molecule has 1 aliphatic heterocycles. The number of anilines is 1. The van der Waals surface area contributed by atoms with Gasteiger partial charge in [-0.15, -0.1) is 0 Å². The Kier molecular flexibility index (Phi) is 3.98. The quantitative estimate of drug-likeness (QED) is 0.588. The molecule has 0 saturated heterocycles. The molecule has 0 radical (unpaired) electrons. The molecule has 0 fully saturated rings. The summed E-state index contributed by atoms with van der Waals surface area (Å²) >= 11 is 0. The van der Waals surface area contributed by atoms with E-state index in [4.69, 9.17) is 4.74 Å². The first-order valence-corrected chi connectivity index (χ1v) is 9.13. The molecule has 5 heteroatoms. The molecule has 136 valence electrons. The van der Waals surface area contributed by atoms with Crippen LogP contribution in [0.3, 0.4) is 0 Å². The van der Waals surface area contributed by atoms with Crippen LogP contribution < -0.4 is 10.1 Å². The lowest BCUT2D eigenvalue weighted by molar-refractivity contribution is -0.122. The van der Waals surface area contributed by atoms with Crippen molar-refractivity contribution in [3.05, 3.63) is 84.7 Å². The maximum absolute atomic E-state index is 12.8. The molecule has 2 aromatic heterocycles. The van der Waals surface area contributed by atoms with Gasteiger partial charge in [-0.3, -0.25) is 9.78 Å². The van der Waals surface area contributed by atoms with E-state index < -0.39 is 6.10 Å². The van der Waals surface area contributed by atoms with Crippen molar-refractivity contribution in [3.8, 4) is 17.0 Å². The number of aromatic nitrogens is 2. The maximum atomic E-state index is 12.8. The highest BCUT2D eigenvalue weighted by molar-refractivity contribution is 5.96. The van der Waals surface area contributed by atoms with E-state index in [9.17, 15) is 4.79 Å². The van der Waals surface area contributed by atoms with Gasteiger partial charge in [0.25, 0.3) is 5.91 Å². The highest BCUT2D eigenvalue weighted by atomic mass is 16.5. The number of carbonyl (C=O) groups excluding carboxylic acids is 1. The molecule has 0 saturated carbocycles. The van der Waals surface area contributed by atoms with Gasteiger partial charge >= 0.3 is 0 Å². The molecule has 4 aromatic rings. The van der Waals surface area contributed by atoms with Gasteiger partial charge in [-0.05, 0) is 41.1 Å². The molecule has 2 aromatic carbocycles. The molecule has 28 heavy (non-hydrogen) atoms. The fourth-order valence-corrected chi connectivity index (χ4v) is 3.56. The van der Waals surface area contributed by atoms with Crippen LogP contribution >= 0.6 is 0 Å². The van der Waals surface area contributed by atoms with Crippen LogP contribution in [0.15, 0.2) is 79.1 Å². The molecule has 1 atom stereocenters. The van der Waals surface area contributed by atoms with Gasteiger partial charge in [0.1, 0.15) is 11.6 Å². The van der Waals surface area contributed by atoms with E-state index in [1.807, 2.05) is 48.5 Å². The smallest absolute Gasteiger partial charge is 0.266 e. The Hall–Kier alpha value is -3.73. The largest absolute Gasteiger partial charge is 0.480 e. The summed E-state index contributed by atoms with van der Waals surface area (Å²) in [7, 11) is 0. The van der Waals surface area contributed by atoms with E-state index in [1.165, 1.54) is 0 Å². The van der Waals surface area contributed by atoms with Crippen LogP contribution in [0.2, 0.25) is 0 Å². The van der Waals surface area contributed by atoms with E-state index in [1.54, 1.807) is 18.5 Å². The molecule has 0 aliphatic carbocycles. The zero-order chi connectivity index (χ0) is 18.9. The van der Waals surface area contributed by atoms with E-state index in [-0.39, 0.29) is 5.91 Å². The molecule has 0 spiro atoms. The van der Waals surface area contributed by atoms with Crippen LogP contribution in [0.25, 0.3) is 22.0 Å². The molecule has 3 heterocycles. The summed E-state index contributed by atoms with van der Waals surface area (Å²) in [5, 5.41) is 5.17. The summed E-state index contributed by atoms with van der Waals surface area (Å²) in [5.41, 5.74) is 2.81. The predicted molar refractivity (Wildman–Crippen MR) is 108 cm³/mol. The van der Waals surface area contributed by atoms with Crippen molar-refractivity contribution in [2.24, 2.45) is 0 Å². The van der Waals surface area contributed by atoms with E-state index in [2.05, 4.69) is 27.4 Å². The molecule has 1 amide bonds. The van der Waals surface area contributed by atoms with E-state index in [0.29, 0.717) is 12.2 Å². The number of hydrogen-bond donors (Lipinski definition) is 1. The van der Waals surface area contributed by atoms with Gasteiger partial charge in [0.05, 0.1) is 5.69 Å². The minimum atomic E-state index is -0.563. The van der Waals surface area contributed by atoms with Gasteiger partial charge in [-0.2, -0.15) is 0 Å². The highest BCUT2D eigenvalue weighted by Gasteiger charge is 2.30. The fraction of sp³-hybridized carbons (Fsp3) is 0.0870. The van der Waals surface area contributed by atoms with Gasteiger partial charge in [-0.1, -0.05) is 36.4 Å². The van der Waals surface area contributed by atoms with Crippen molar-refractivity contribution in [3.63, 3.8) is 0 Å². The normalized spacial score (nSPS) is 15.1. The zero-order valence-corrected chi connectivity index (χ0v) is 15.0. The average Bonchev–Trinajstić information content (AvgIpc) is 3.20. The monoisotopic (exact) mass is 367 g/mol. The predicted octanol–water partition coefficient (Wildman–Crippen LogP) is 4.24. The Bertz CT molecular complexity index is 1170. The van der Waals surface area contributed by atoms with Crippen LogP contribution in [0.5, 0.6) is 5.75 Å². The van der Waals surface area contributed by atoms with E-state index >= 15 is 0 Å². The number of nitrogens with zero attached hydrogens (tertiary/aromatic N) is 2. The molecule has 5 nitrogen and oxygen atoms in total. The topological polar surface area (TPSA) is 64.1 Å². The van der Waals surface area contributed by atoms with Gasteiger partial charge in [0, 0.05) is 29.9 Å². The Morgan fingerprint density at radius 3 is 2.71 bits per heavy atom. The number of nitrogens with one attached hydrogen (secondary N) is 1. The lowest BCUT2D eigenvalue weighted by Gasteiger charge is -2.11. The number of pyridine rings is 2. The third kappa shape index (κ3) is 2.97. The van der Waals surface area contributed by atoms with Gasteiger partial charge in [0.2, 0.25) is 0 Å². The van der Waals surface area contributed by atoms with Gasteiger partial charge in [0.15, 0.2) is 6.10 Å². The van der Waals surface area contributed by atoms with Crippen LogP contribution in [0.4, 0.5) is 5.82 Å². The number of amides is 1. The summed E-state index contributed by atoms with van der Waals surface area (Å²) in [5.74, 6) is 1.08. The summed E-state index contributed by atoms with van der Waals surface area (Å²) in [6, 6.07) is 21.4. The van der Waals surface area contributed by atoms with Gasteiger partial charge < -0.3 is 10.1 Å². The molecule has 5 rings (SSSR count). The van der Waals surface area contributed by atoms with Crippen molar-refractivity contribution in [1.82, 2.24) is 9.97 Å². The molecular formula is C23H17N3O2. The first-order chi connectivity index (χ1) is 13.8. The third-order valence-electron chi connectivity index (χ3n) is 4.93. The number of benzene rings is 2. The van der Waals surface area contributed by atoms with Crippen LogP contribution in [0.1, 0.15) is 5.56 Å². The Morgan fingerprint density at radius 2 is 1.82 bits per heavy atom. The van der Waals surface area contributed by atoms with Crippen molar-refractivity contribution in [2.75, 3.05) is 5.32 Å². The Morgan fingerprint density at radius 1 is 0.964 bits per heavy atom. The minimum Gasteiger partial charge on any atom is -0.480 e. The highest BCUT2D eigenvalue weighted by Crippen LogP contribution is 2.35. The molecule has 1 N–H and O–H groups in total. The lowest BCUT2D eigenvalue weighted by Crippen LogP contribution is -2.31. The van der Waals surface area contributed by atoms with E-state index in [0.717, 1.165) is 33.3 Å². The summed E-state index contributed by atoms with van der Waals surface area (Å²) in [6.07, 6.45) is 3.42. The van der Waals surface area contributed by atoms with Crippen molar-refractivity contribution in [1.29, 1.82) is 0 Å². The molecule has 1 unspecified atom stereocenters.